The zero-order valence-electron chi connectivity index (χ0n) is 10.9. The third-order valence-electron chi connectivity index (χ3n) is 3.60. The van der Waals surface area contributed by atoms with E-state index in [1.54, 1.807) is 10.8 Å². The van der Waals surface area contributed by atoms with Crippen LogP contribution in [-0.2, 0) is 13.0 Å². The Hall–Kier alpha value is -1.36. The van der Waals surface area contributed by atoms with Crippen LogP contribution in [0.3, 0.4) is 0 Å². The van der Waals surface area contributed by atoms with Crippen LogP contribution in [0.25, 0.3) is 0 Å². The highest BCUT2D eigenvalue weighted by molar-refractivity contribution is 5.03. The van der Waals surface area contributed by atoms with Gasteiger partial charge in [0, 0.05) is 24.3 Å². The van der Waals surface area contributed by atoms with E-state index in [4.69, 9.17) is 0 Å². The molecule has 1 fully saturated rings. The van der Waals surface area contributed by atoms with Crippen LogP contribution in [0.2, 0.25) is 0 Å². The summed E-state index contributed by atoms with van der Waals surface area (Å²) in [5.41, 5.74) is 0.119. The average Bonchev–Trinajstić information content (AvgIpc) is 2.39. The van der Waals surface area contributed by atoms with Crippen molar-refractivity contribution >= 4 is 0 Å². The fourth-order valence-corrected chi connectivity index (χ4v) is 2.44. The molecule has 0 saturated carbocycles. The Kier molecular flexibility index (Phi) is 4.36. The van der Waals surface area contributed by atoms with E-state index in [2.05, 4.69) is 10.3 Å². The van der Waals surface area contributed by atoms with E-state index in [1.807, 2.05) is 6.92 Å². The first-order chi connectivity index (χ1) is 8.70. The summed E-state index contributed by atoms with van der Waals surface area (Å²) < 4.78 is 1.62. The summed E-state index contributed by atoms with van der Waals surface area (Å²) in [7, 11) is 0. The fraction of sp³-hybridized carbons (Fsp3) is 0.692. The second-order valence-electron chi connectivity index (χ2n) is 4.90. The minimum Gasteiger partial charge on any atom is -0.314 e. The van der Waals surface area contributed by atoms with Gasteiger partial charge in [-0.2, -0.15) is 0 Å². The molecule has 0 spiro atoms. The predicted molar refractivity (Wildman–Crippen MR) is 71.0 cm³/mol. The van der Waals surface area contributed by atoms with Crippen LogP contribution in [0.4, 0.5) is 0 Å². The molecule has 0 aliphatic carbocycles. The molecule has 5 nitrogen and oxygen atoms in total. The topological polar surface area (TPSA) is 66.9 Å². The van der Waals surface area contributed by atoms with E-state index in [0.29, 0.717) is 24.6 Å². The SMILES string of the molecule is CCc1cn(CCC2CCCCN2)c(=O)[nH]c1=O. The molecule has 18 heavy (non-hydrogen) atoms. The smallest absolute Gasteiger partial charge is 0.314 e. The predicted octanol–water partition coefficient (Wildman–Crippen LogP) is 0.631. The Morgan fingerprint density at radius 3 is 2.89 bits per heavy atom. The van der Waals surface area contributed by atoms with Gasteiger partial charge in [0.1, 0.15) is 0 Å². The van der Waals surface area contributed by atoms with Crippen LogP contribution < -0.4 is 16.6 Å². The summed E-state index contributed by atoms with van der Waals surface area (Å²) >= 11 is 0. The number of aromatic amines is 1. The quantitative estimate of drug-likeness (QED) is 0.825. The molecule has 1 unspecified atom stereocenters. The monoisotopic (exact) mass is 251 g/mol. The van der Waals surface area contributed by atoms with Crippen molar-refractivity contribution in [2.75, 3.05) is 6.54 Å². The lowest BCUT2D eigenvalue weighted by Crippen LogP contribution is -2.37. The van der Waals surface area contributed by atoms with Crippen molar-refractivity contribution in [2.45, 2.75) is 51.6 Å². The molecule has 0 radical (unpaired) electrons. The van der Waals surface area contributed by atoms with E-state index in [9.17, 15) is 9.59 Å². The van der Waals surface area contributed by atoms with E-state index >= 15 is 0 Å². The Bertz CT molecular complexity index is 498. The first-order valence-electron chi connectivity index (χ1n) is 6.76. The molecule has 1 aliphatic rings. The van der Waals surface area contributed by atoms with Crippen LogP contribution >= 0.6 is 0 Å². The maximum Gasteiger partial charge on any atom is 0.328 e. The summed E-state index contributed by atoms with van der Waals surface area (Å²) in [5, 5.41) is 3.46. The molecule has 5 heteroatoms. The molecule has 2 rings (SSSR count). The van der Waals surface area contributed by atoms with Gasteiger partial charge in [-0.1, -0.05) is 13.3 Å². The lowest BCUT2D eigenvalue weighted by Gasteiger charge is -2.23. The van der Waals surface area contributed by atoms with Crippen molar-refractivity contribution < 1.29 is 0 Å². The number of H-pyrrole nitrogens is 1. The average molecular weight is 251 g/mol. The maximum absolute atomic E-state index is 11.7. The lowest BCUT2D eigenvalue weighted by molar-refractivity contribution is 0.363. The van der Waals surface area contributed by atoms with Gasteiger partial charge in [0.25, 0.3) is 5.56 Å². The molecule has 2 heterocycles. The Balaban J connectivity index is 2.04. The summed E-state index contributed by atoms with van der Waals surface area (Å²) in [6.45, 7) is 3.66. The van der Waals surface area contributed by atoms with Crippen molar-refractivity contribution in [1.82, 2.24) is 14.9 Å². The largest absolute Gasteiger partial charge is 0.328 e. The van der Waals surface area contributed by atoms with Crippen molar-refractivity contribution in [3.63, 3.8) is 0 Å². The standard InChI is InChI=1S/C13H21N3O2/c1-2-10-9-16(13(18)15-12(10)17)8-6-11-5-3-4-7-14-11/h9,11,14H,2-8H2,1H3,(H,15,17,18). The van der Waals surface area contributed by atoms with Crippen molar-refractivity contribution in [3.05, 3.63) is 32.6 Å². The van der Waals surface area contributed by atoms with Gasteiger partial charge in [0.05, 0.1) is 0 Å². The first kappa shape index (κ1) is 13.1. The van der Waals surface area contributed by atoms with E-state index in [0.717, 1.165) is 13.0 Å². The zero-order chi connectivity index (χ0) is 13.0. The van der Waals surface area contributed by atoms with E-state index in [-0.39, 0.29) is 11.2 Å². The van der Waals surface area contributed by atoms with Gasteiger partial charge >= 0.3 is 5.69 Å². The van der Waals surface area contributed by atoms with Gasteiger partial charge < -0.3 is 9.88 Å². The van der Waals surface area contributed by atoms with Crippen LogP contribution in [0.1, 0.15) is 38.2 Å². The molecule has 1 aromatic rings. The molecule has 2 N–H and O–H groups in total. The highest BCUT2D eigenvalue weighted by Crippen LogP contribution is 2.10. The highest BCUT2D eigenvalue weighted by Gasteiger charge is 2.12. The number of aryl methyl sites for hydroxylation is 2. The van der Waals surface area contributed by atoms with Gasteiger partial charge in [-0.15, -0.1) is 0 Å². The molecule has 1 aliphatic heterocycles. The fourth-order valence-electron chi connectivity index (χ4n) is 2.44. The molecule has 100 valence electrons. The second-order valence-corrected chi connectivity index (χ2v) is 4.90. The number of rotatable bonds is 4. The normalized spacial score (nSPS) is 19.9. The maximum atomic E-state index is 11.7. The minimum absolute atomic E-state index is 0.255. The molecule has 0 bridgehead atoms. The number of piperidine rings is 1. The number of aromatic nitrogens is 2. The Morgan fingerprint density at radius 2 is 2.22 bits per heavy atom. The molecular formula is C13H21N3O2. The molecule has 0 amide bonds. The summed E-state index contributed by atoms with van der Waals surface area (Å²) in [5.74, 6) is 0. The third-order valence-corrected chi connectivity index (χ3v) is 3.60. The number of hydrogen-bond acceptors (Lipinski definition) is 3. The number of nitrogens with zero attached hydrogens (tertiary/aromatic N) is 1. The second kappa shape index (κ2) is 6.00. The van der Waals surface area contributed by atoms with Crippen molar-refractivity contribution in [3.8, 4) is 0 Å². The third kappa shape index (κ3) is 3.10. The highest BCUT2D eigenvalue weighted by atomic mass is 16.2. The number of hydrogen-bond donors (Lipinski definition) is 2. The first-order valence-corrected chi connectivity index (χ1v) is 6.76. The molecule has 1 aromatic heterocycles. The van der Waals surface area contributed by atoms with Crippen molar-refractivity contribution in [1.29, 1.82) is 0 Å². The Labute approximate surface area is 106 Å². The zero-order valence-corrected chi connectivity index (χ0v) is 10.9. The van der Waals surface area contributed by atoms with Crippen LogP contribution in [0.5, 0.6) is 0 Å². The summed E-state index contributed by atoms with van der Waals surface area (Å²) in [6, 6.07) is 0.502. The van der Waals surface area contributed by atoms with E-state index in [1.165, 1.54) is 19.3 Å². The van der Waals surface area contributed by atoms with Crippen LogP contribution in [-0.4, -0.2) is 22.1 Å². The van der Waals surface area contributed by atoms with Gasteiger partial charge in [-0.25, -0.2) is 4.79 Å². The lowest BCUT2D eigenvalue weighted by atomic mass is 10.0. The van der Waals surface area contributed by atoms with Gasteiger partial charge in [-0.3, -0.25) is 9.78 Å². The van der Waals surface area contributed by atoms with Gasteiger partial charge in [-0.05, 0) is 32.2 Å². The molecule has 0 aromatic carbocycles. The van der Waals surface area contributed by atoms with Crippen LogP contribution in [0, 0.1) is 0 Å². The van der Waals surface area contributed by atoms with Crippen LogP contribution in [0.15, 0.2) is 15.8 Å². The molecule has 1 atom stereocenters. The molecule has 1 saturated heterocycles. The number of nitrogens with one attached hydrogen (secondary N) is 2. The summed E-state index contributed by atoms with van der Waals surface area (Å²) in [4.78, 5) is 25.5. The Morgan fingerprint density at radius 1 is 1.39 bits per heavy atom. The van der Waals surface area contributed by atoms with Gasteiger partial charge in [0.15, 0.2) is 0 Å². The summed E-state index contributed by atoms with van der Waals surface area (Å²) in [6.07, 6.45) is 6.97. The molecular weight excluding hydrogens is 230 g/mol. The minimum atomic E-state index is -0.298. The van der Waals surface area contributed by atoms with Gasteiger partial charge in [0.2, 0.25) is 0 Å². The van der Waals surface area contributed by atoms with Crippen molar-refractivity contribution in [2.24, 2.45) is 0 Å². The van der Waals surface area contributed by atoms with E-state index < -0.39 is 0 Å².